The summed E-state index contributed by atoms with van der Waals surface area (Å²) in [7, 11) is 0. The van der Waals surface area contributed by atoms with Crippen LogP contribution in [0, 0.1) is 11.8 Å². The number of rotatable bonds is 3. The van der Waals surface area contributed by atoms with E-state index in [9.17, 15) is 4.79 Å². The van der Waals surface area contributed by atoms with Gasteiger partial charge in [0, 0.05) is 0 Å². The lowest BCUT2D eigenvalue weighted by Gasteiger charge is -2.30. The van der Waals surface area contributed by atoms with Gasteiger partial charge in [-0.05, 0) is 57.3 Å². The van der Waals surface area contributed by atoms with E-state index >= 15 is 0 Å². The third kappa shape index (κ3) is 3.60. The first-order valence-electron chi connectivity index (χ1n) is 7.56. The standard InChI is InChI=1S/C16H26O2/c1-3-13-6-10-15(11-7-13)18-16(17)14-8-4-12(2)5-9-14/h13-15H,2-11H2,1H3. The number of hydrogen-bond donors (Lipinski definition) is 0. The van der Waals surface area contributed by atoms with E-state index in [1.54, 1.807) is 0 Å². The van der Waals surface area contributed by atoms with Crippen molar-refractivity contribution in [1.29, 1.82) is 0 Å². The van der Waals surface area contributed by atoms with E-state index in [-0.39, 0.29) is 18.0 Å². The topological polar surface area (TPSA) is 26.3 Å². The van der Waals surface area contributed by atoms with Gasteiger partial charge in [-0.3, -0.25) is 4.79 Å². The van der Waals surface area contributed by atoms with E-state index in [1.807, 2.05) is 0 Å². The third-order valence-corrected chi connectivity index (χ3v) is 4.68. The fraction of sp³-hybridized carbons (Fsp3) is 0.812. The van der Waals surface area contributed by atoms with Crippen LogP contribution in [0.25, 0.3) is 0 Å². The molecule has 2 fully saturated rings. The van der Waals surface area contributed by atoms with Crippen molar-refractivity contribution in [3.8, 4) is 0 Å². The molecule has 2 aliphatic carbocycles. The second-order valence-corrected chi connectivity index (χ2v) is 6.01. The molecule has 0 N–H and O–H groups in total. The maximum absolute atomic E-state index is 12.1. The highest BCUT2D eigenvalue weighted by molar-refractivity contribution is 5.72. The van der Waals surface area contributed by atoms with Gasteiger partial charge in [-0.15, -0.1) is 0 Å². The number of carbonyl (C=O) groups is 1. The minimum atomic E-state index is 0.0578. The maximum Gasteiger partial charge on any atom is 0.309 e. The quantitative estimate of drug-likeness (QED) is 0.553. The highest BCUT2D eigenvalue weighted by atomic mass is 16.5. The number of carbonyl (C=O) groups excluding carboxylic acids is 1. The smallest absolute Gasteiger partial charge is 0.309 e. The van der Waals surface area contributed by atoms with Crippen molar-refractivity contribution in [2.75, 3.05) is 0 Å². The van der Waals surface area contributed by atoms with Crippen LogP contribution in [0.1, 0.15) is 64.7 Å². The van der Waals surface area contributed by atoms with Crippen LogP contribution in [0.2, 0.25) is 0 Å². The Bertz CT molecular complexity index is 290. The van der Waals surface area contributed by atoms with Gasteiger partial charge in [0.15, 0.2) is 0 Å². The Labute approximate surface area is 111 Å². The van der Waals surface area contributed by atoms with E-state index in [1.165, 1.54) is 24.8 Å². The van der Waals surface area contributed by atoms with Crippen LogP contribution in [0.5, 0.6) is 0 Å². The Hall–Kier alpha value is -0.790. The van der Waals surface area contributed by atoms with Gasteiger partial charge < -0.3 is 4.74 Å². The van der Waals surface area contributed by atoms with E-state index in [2.05, 4.69) is 13.5 Å². The van der Waals surface area contributed by atoms with Gasteiger partial charge in [0.2, 0.25) is 0 Å². The Balaban J connectivity index is 1.73. The average Bonchev–Trinajstić information content (AvgIpc) is 2.40. The highest BCUT2D eigenvalue weighted by Gasteiger charge is 2.28. The van der Waals surface area contributed by atoms with Crippen molar-refractivity contribution in [3.63, 3.8) is 0 Å². The molecule has 0 aromatic rings. The first-order chi connectivity index (χ1) is 8.69. The summed E-state index contributed by atoms with van der Waals surface area (Å²) in [6, 6.07) is 0. The second kappa shape index (κ2) is 6.40. The van der Waals surface area contributed by atoms with Crippen molar-refractivity contribution >= 4 is 5.97 Å². The van der Waals surface area contributed by atoms with E-state index in [0.29, 0.717) is 0 Å². The van der Waals surface area contributed by atoms with Crippen molar-refractivity contribution in [2.45, 2.75) is 70.8 Å². The fourth-order valence-corrected chi connectivity index (χ4v) is 3.18. The summed E-state index contributed by atoms with van der Waals surface area (Å²) in [4.78, 5) is 12.1. The zero-order valence-electron chi connectivity index (χ0n) is 11.6. The lowest BCUT2D eigenvalue weighted by atomic mass is 9.85. The summed E-state index contributed by atoms with van der Waals surface area (Å²) in [6.45, 7) is 6.25. The number of esters is 1. The Kier molecular flexibility index (Phi) is 4.85. The minimum Gasteiger partial charge on any atom is -0.462 e. The molecule has 2 nitrogen and oxygen atoms in total. The molecule has 0 aromatic carbocycles. The SMILES string of the molecule is C=C1CCC(C(=O)OC2CCC(CC)CC2)CC1. The molecule has 2 rings (SSSR count). The molecular weight excluding hydrogens is 224 g/mol. The van der Waals surface area contributed by atoms with Crippen LogP contribution < -0.4 is 0 Å². The molecule has 2 aliphatic rings. The minimum absolute atomic E-state index is 0.0578. The van der Waals surface area contributed by atoms with Crippen molar-refractivity contribution < 1.29 is 9.53 Å². The predicted octanol–water partition coefficient (Wildman–Crippen LogP) is 4.24. The van der Waals surface area contributed by atoms with E-state index in [0.717, 1.165) is 44.4 Å². The van der Waals surface area contributed by atoms with Crippen LogP contribution in [0.4, 0.5) is 0 Å². The zero-order chi connectivity index (χ0) is 13.0. The molecule has 0 amide bonds. The second-order valence-electron chi connectivity index (χ2n) is 6.01. The van der Waals surface area contributed by atoms with Crippen LogP contribution in [-0.4, -0.2) is 12.1 Å². The van der Waals surface area contributed by atoms with Gasteiger partial charge in [0.05, 0.1) is 5.92 Å². The molecule has 18 heavy (non-hydrogen) atoms. The van der Waals surface area contributed by atoms with E-state index < -0.39 is 0 Å². The first kappa shape index (κ1) is 13.6. The van der Waals surface area contributed by atoms with Gasteiger partial charge in [-0.2, -0.15) is 0 Å². The van der Waals surface area contributed by atoms with Crippen molar-refractivity contribution in [1.82, 2.24) is 0 Å². The molecule has 0 aromatic heterocycles. The number of hydrogen-bond acceptors (Lipinski definition) is 2. The lowest BCUT2D eigenvalue weighted by molar-refractivity contribution is -0.156. The van der Waals surface area contributed by atoms with Crippen molar-refractivity contribution in [3.05, 3.63) is 12.2 Å². The van der Waals surface area contributed by atoms with Gasteiger partial charge in [-0.1, -0.05) is 25.5 Å². The molecule has 0 spiro atoms. The largest absolute Gasteiger partial charge is 0.462 e. The Morgan fingerprint density at radius 1 is 1.17 bits per heavy atom. The monoisotopic (exact) mass is 250 g/mol. The fourth-order valence-electron chi connectivity index (χ4n) is 3.18. The van der Waals surface area contributed by atoms with Crippen molar-refractivity contribution in [2.24, 2.45) is 11.8 Å². The van der Waals surface area contributed by atoms with Crippen LogP contribution in [0.15, 0.2) is 12.2 Å². The molecule has 0 aliphatic heterocycles. The summed E-state index contributed by atoms with van der Waals surface area (Å²) in [5, 5.41) is 0. The third-order valence-electron chi connectivity index (χ3n) is 4.68. The predicted molar refractivity (Wildman–Crippen MR) is 73.2 cm³/mol. The molecule has 102 valence electrons. The summed E-state index contributed by atoms with van der Waals surface area (Å²) in [5.74, 6) is 1.06. The van der Waals surface area contributed by atoms with Gasteiger partial charge >= 0.3 is 5.97 Å². The Morgan fingerprint density at radius 3 is 2.33 bits per heavy atom. The molecule has 0 heterocycles. The number of ether oxygens (including phenoxy) is 1. The summed E-state index contributed by atoms with van der Waals surface area (Å²) in [6.07, 6.45) is 9.98. The molecular formula is C16H26O2. The molecule has 0 unspecified atom stereocenters. The Morgan fingerprint density at radius 2 is 1.78 bits per heavy atom. The lowest BCUT2D eigenvalue weighted by Crippen LogP contribution is -2.29. The van der Waals surface area contributed by atoms with Crippen LogP contribution in [0.3, 0.4) is 0 Å². The summed E-state index contributed by atoms with van der Waals surface area (Å²) < 4.78 is 5.69. The maximum atomic E-state index is 12.1. The molecule has 0 bridgehead atoms. The average molecular weight is 250 g/mol. The normalized spacial score (nSPS) is 30.2. The molecule has 0 saturated heterocycles. The van der Waals surface area contributed by atoms with Gasteiger partial charge in [0.25, 0.3) is 0 Å². The molecule has 2 heteroatoms. The number of allylic oxidation sites excluding steroid dienone is 1. The molecule has 2 saturated carbocycles. The van der Waals surface area contributed by atoms with Gasteiger partial charge in [-0.25, -0.2) is 0 Å². The van der Waals surface area contributed by atoms with Crippen LogP contribution >= 0.6 is 0 Å². The zero-order valence-corrected chi connectivity index (χ0v) is 11.6. The molecule has 0 atom stereocenters. The molecule has 0 radical (unpaired) electrons. The summed E-state index contributed by atoms with van der Waals surface area (Å²) >= 11 is 0. The van der Waals surface area contributed by atoms with E-state index in [4.69, 9.17) is 4.74 Å². The first-order valence-corrected chi connectivity index (χ1v) is 7.56. The van der Waals surface area contributed by atoms with Crippen LogP contribution in [-0.2, 0) is 9.53 Å². The summed E-state index contributed by atoms with van der Waals surface area (Å²) in [5.41, 5.74) is 1.29. The van der Waals surface area contributed by atoms with Gasteiger partial charge in [0.1, 0.15) is 6.10 Å². The highest BCUT2D eigenvalue weighted by Crippen LogP contribution is 2.31.